The number of hydrogen-bond donors (Lipinski definition) is 0. The van der Waals surface area contributed by atoms with Crippen molar-refractivity contribution >= 4 is 29.0 Å². The minimum absolute atomic E-state index is 0.305. The van der Waals surface area contributed by atoms with Gasteiger partial charge in [-0.05, 0) is 55.9 Å². The van der Waals surface area contributed by atoms with E-state index in [1.54, 1.807) is 23.1 Å². The van der Waals surface area contributed by atoms with Gasteiger partial charge in [0.1, 0.15) is 5.82 Å². The second kappa shape index (κ2) is 10.1. The van der Waals surface area contributed by atoms with Crippen molar-refractivity contribution in [1.82, 2.24) is 19.7 Å². The van der Waals surface area contributed by atoms with E-state index >= 15 is 0 Å². The SMILES string of the molecule is O=C(CSc1nnc(Cc2cccs2)n1C1CCCCC1)N1CCCC2CCCCC21. The Kier molecular flexibility index (Phi) is 6.99. The molecule has 2 unspecified atom stereocenters. The summed E-state index contributed by atoms with van der Waals surface area (Å²) >= 11 is 3.40. The van der Waals surface area contributed by atoms with Gasteiger partial charge in [0.25, 0.3) is 0 Å². The van der Waals surface area contributed by atoms with Crippen molar-refractivity contribution in [3.05, 3.63) is 28.2 Å². The number of thiophene rings is 1. The zero-order valence-corrected chi connectivity index (χ0v) is 20.0. The first-order valence-corrected chi connectivity index (χ1v) is 14.0. The largest absolute Gasteiger partial charge is 0.339 e. The topological polar surface area (TPSA) is 51.0 Å². The standard InChI is InChI=1S/C24H34N4OS2/c29-23(27-14-6-9-18-8-4-5-13-21(18)27)17-31-24-26-25-22(16-20-12-7-15-30-20)28(24)19-10-2-1-3-11-19/h7,12,15,18-19,21H,1-6,8-11,13-14,16-17H2. The first kappa shape index (κ1) is 21.5. The van der Waals surface area contributed by atoms with Gasteiger partial charge >= 0.3 is 0 Å². The Bertz CT molecular complexity index is 857. The van der Waals surface area contributed by atoms with E-state index in [1.807, 2.05) is 0 Å². The first-order valence-electron chi connectivity index (χ1n) is 12.2. The number of nitrogens with zero attached hydrogens (tertiary/aromatic N) is 4. The van der Waals surface area contributed by atoms with Crippen LogP contribution < -0.4 is 0 Å². The van der Waals surface area contributed by atoms with Crippen LogP contribution in [0.2, 0.25) is 0 Å². The predicted molar refractivity (Wildman–Crippen MR) is 127 cm³/mol. The number of thioether (sulfide) groups is 1. The molecule has 1 aliphatic heterocycles. The Balaban J connectivity index is 1.30. The van der Waals surface area contributed by atoms with Crippen molar-refractivity contribution in [2.45, 2.75) is 94.3 Å². The van der Waals surface area contributed by atoms with Crippen molar-refractivity contribution in [3.63, 3.8) is 0 Å². The molecule has 1 amide bonds. The van der Waals surface area contributed by atoms with E-state index in [1.165, 1.54) is 75.5 Å². The molecule has 7 heteroatoms. The highest BCUT2D eigenvalue weighted by molar-refractivity contribution is 7.99. The van der Waals surface area contributed by atoms with E-state index in [4.69, 9.17) is 0 Å². The number of piperidine rings is 1. The molecule has 1 saturated heterocycles. The smallest absolute Gasteiger partial charge is 0.233 e. The lowest BCUT2D eigenvalue weighted by atomic mass is 9.78. The normalized spacial score (nSPS) is 24.8. The van der Waals surface area contributed by atoms with Gasteiger partial charge in [0.2, 0.25) is 5.91 Å². The summed E-state index contributed by atoms with van der Waals surface area (Å²) < 4.78 is 2.39. The number of carbonyl (C=O) groups excluding carboxylic acids is 1. The van der Waals surface area contributed by atoms with Crippen molar-refractivity contribution < 1.29 is 4.79 Å². The second-order valence-electron chi connectivity index (χ2n) is 9.45. The van der Waals surface area contributed by atoms with Gasteiger partial charge < -0.3 is 9.47 Å². The van der Waals surface area contributed by atoms with E-state index < -0.39 is 0 Å². The number of aromatic nitrogens is 3. The van der Waals surface area contributed by atoms with E-state index in [9.17, 15) is 4.79 Å². The van der Waals surface area contributed by atoms with Gasteiger partial charge in [-0.1, -0.05) is 49.9 Å². The van der Waals surface area contributed by atoms with Gasteiger partial charge in [0, 0.05) is 29.9 Å². The minimum atomic E-state index is 0.305. The van der Waals surface area contributed by atoms with Gasteiger partial charge in [0.15, 0.2) is 5.16 Å². The Hall–Kier alpha value is -1.34. The average molecular weight is 459 g/mol. The maximum atomic E-state index is 13.2. The molecular formula is C24H34N4OS2. The van der Waals surface area contributed by atoms with E-state index in [0.717, 1.165) is 29.9 Å². The molecule has 0 aromatic carbocycles. The molecule has 0 radical (unpaired) electrons. The number of fused-ring (bicyclic) bond motifs is 1. The lowest BCUT2D eigenvalue weighted by Crippen LogP contribution is -2.50. The molecule has 5 nitrogen and oxygen atoms in total. The zero-order valence-electron chi connectivity index (χ0n) is 18.4. The fourth-order valence-corrected chi connectivity index (χ4v) is 7.56. The van der Waals surface area contributed by atoms with Crippen LogP contribution in [0.1, 0.15) is 87.4 Å². The van der Waals surface area contributed by atoms with Gasteiger partial charge in [-0.3, -0.25) is 4.79 Å². The summed E-state index contributed by atoms with van der Waals surface area (Å²) in [7, 11) is 0. The Labute approximate surface area is 194 Å². The first-order chi connectivity index (χ1) is 15.3. The van der Waals surface area contributed by atoms with Gasteiger partial charge in [-0.15, -0.1) is 21.5 Å². The highest BCUT2D eigenvalue weighted by atomic mass is 32.2. The molecular weight excluding hydrogens is 424 g/mol. The zero-order chi connectivity index (χ0) is 21.0. The molecule has 31 heavy (non-hydrogen) atoms. The molecule has 2 atom stereocenters. The van der Waals surface area contributed by atoms with Gasteiger partial charge in [-0.2, -0.15) is 0 Å². The van der Waals surface area contributed by atoms with E-state index in [0.29, 0.717) is 23.7 Å². The summed E-state index contributed by atoms with van der Waals surface area (Å²) in [6, 6.07) is 5.25. The Morgan fingerprint density at radius 3 is 2.68 bits per heavy atom. The molecule has 2 aromatic heterocycles. The van der Waals surface area contributed by atoms with Gasteiger partial charge in [0.05, 0.1) is 5.75 Å². The van der Waals surface area contributed by atoms with Crippen LogP contribution in [-0.2, 0) is 11.2 Å². The molecule has 2 saturated carbocycles. The van der Waals surface area contributed by atoms with Gasteiger partial charge in [-0.25, -0.2) is 0 Å². The number of hydrogen-bond acceptors (Lipinski definition) is 5. The van der Waals surface area contributed by atoms with Crippen LogP contribution in [0.25, 0.3) is 0 Å². The second-order valence-corrected chi connectivity index (χ2v) is 11.4. The third kappa shape index (κ3) is 4.87. The molecule has 0 bridgehead atoms. The van der Waals surface area contributed by atoms with Crippen LogP contribution in [-0.4, -0.2) is 43.9 Å². The van der Waals surface area contributed by atoms with E-state index in [2.05, 4.69) is 37.2 Å². The number of amides is 1. The summed E-state index contributed by atoms with van der Waals surface area (Å²) in [6.45, 7) is 0.944. The summed E-state index contributed by atoms with van der Waals surface area (Å²) in [6.07, 6.45) is 14.7. The van der Waals surface area contributed by atoms with Crippen molar-refractivity contribution in [2.75, 3.05) is 12.3 Å². The number of rotatable bonds is 6. The third-order valence-electron chi connectivity index (χ3n) is 7.48. The predicted octanol–water partition coefficient (Wildman–Crippen LogP) is 5.71. The van der Waals surface area contributed by atoms with Crippen LogP contribution >= 0.6 is 23.1 Å². The van der Waals surface area contributed by atoms with Crippen LogP contribution in [0.15, 0.2) is 22.7 Å². The molecule has 0 spiro atoms. The molecule has 3 aliphatic rings. The average Bonchev–Trinajstić information content (AvgIpc) is 3.48. The molecule has 2 aromatic rings. The van der Waals surface area contributed by atoms with Crippen LogP contribution in [0, 0.1) is 5.92 Å². The molecule has 2 aliphatic carbocycles. The molecule has 5 rings (SSSR count). The maximum absolute atomic E-state index is 13.2. The van der Waals surface area contributed by atoms with Crippen molar-refractivity contribution in [3.8, 4) is 0 Å². The molecule has 3 fully saturated rings. The van der Waals surface area contributed by atoms with Crippen LogP contribution in [0.3, 0.4) is 0 Å². The quantitative estimate of drug-likeness (QED) is 0.520. The summed E-state index contributed by atoms with van der Waals surface area (Å²) in [5, 5.41) is 12.3. The molecule has 3 heterocycles. The summed E-state index contributed by atoms with van der Waals surface area (Å²) in [5.74, 6) is 2.60. The lowest BCUT2D eigenvalue weighted by Gasteiger charge is -2.44. The molecule has 0 N–H and O–H groups in total. The summed E-state index contributed by atoms with van der Waals surface area (Å²) in [4.78, 5) is 16.8. The van der Waals surface area contributed by atoms with Crippen molar-refractivity contribution in [1.29, 1.82) is 0 Å². The third-order valence-corrected chi connectivity index (χ3v) is 9.28. The van der Waals surface area contributed by atoms with E-state index in [-0.39, 0.29) is 0 Å². The fourth-order valence-electron chi connectivity index (χ4n) is 5.94. The van der Waals surface area contributed by atoms with Crippen LogP contribution in [0.5, 0.6) is 0 Å². The number of likely N-dealkylation sites (tertiary alicyclic amines) is 1. The van der Waals surface area contributed by atoms with Crippen LogP contribution in [0.4, 0.5) is 0 Å². The monoisotopic (exact) mass is 458 g/mol. The van der Waals surface area contributed by atoms with Crippen molar-refractivity contribution in [2.24, 2.45) is 5.92 Å². The minimum Gasteiger partial charge on any atom is -0.339 e. The highest BCUT2D eigenvalue weighted by Gasteiger charge is 2.35. The summed E-state index contributed by atoms with van der Waals surface area (Å²) in [5.41, 5.74) is 0. The number of carbonyl (C=O) groups is 1. The molecule has 168 valence electrons. The highest BCUT2D eigenvalue weighted by Crippen LogP contribution is 2.37. The Morgan fingerprint density at radius 1 is 1.03 bits per heavy atom. The lowest BCUT2D eigenvalue weighted by molar-refractivity contribution is -0.134. The maximum Gasteiger partial charge on any atom is 0.233 e. The fraction of sp³-hybridized carbons (Fsp3) is 0.708. The Morgan fingerprint density at radius 2 is 1.84 bits per heavy atom.